The summed E-state index contributed by atoms with van der Waals surface area (Å²) in [5, 5.41) is 79.2. The van der Waals surface area contributed by atoms with Crippen LogP contribution in [0.25, 0.3) is 0 Å². The highest BCUT2D eigenvalue weighted by molar-refractivity contribution is 6.58. The molecule has 21 heteroatoms. The Kier molecular flexibility index (Phi) is 17.3. The first kappa shape index (κ1) is 55.0. The molecule has 0 saturated heterocycles. The third kappa shape index (κ3) is 12.8. The molecular weight excluding hydrogens is 959 g/mol. The average Bonchev–Trinajstić information content (AvgIpc) is 4.01. The van der Waals surface area contributed by atoms with Crippen LogP contribution in [0.15, 0.2) is 180 Å². The largest absolute Gasteiger partial charge is 0.488 e. The fourth-order valence-corrected chi connectivity index (χ4v) is 9.12. The van der Waals surface area contributed by atoms with Crippen molar-refractivity contribution in [1.29, 1.82) is 0 Å². The molecule has 11 N–H and O–H groups in total. The van der Waals surface area contributed by atoms with Gasteiger partial charge in [0.2, 0.25) is 11.8 Å². The normalized spacial score (nSPS) is 18.9. The van der Waals surface area contributed by atoms with Crippen molar-refractivity contribution in [3.63, 3.8) is 0 Å². The molecule has 8 bridgehead atoms. The molecule has 2 aromatic carbocycles. The summed E-state index contributed by atoms with van der Waals surface area (Å²) in [6.45, 7) is 13.5. The SMILES string of the molecule is C=CC1=C(C)C2=CC3=NC(=CC4=NC(=CC5=C(/C=C/NOCC)C(C)(O)C(=CC1=N2)N5)C(C)=C4CCC(=O)NC(Cc1ccc([10B](O)O)cc1)C(=O)O)C(CCC(=O)NC(Cc1ccc([10B](O)O)cc1)C(=O)O)=C3C. The lowest BCUT2D eigenvalue weighted by molar-refractivity contribution is -0.142. The highest BCUT2D eigenvalue weighted by Gasteiger charge is 2.39. The summed E-state index contributed by atoms with van der Waals surface area (Å²) < 4.78 is 0. The number of aliphatic hydroxyl groups is 1. The summed E-state index contributed by atoms with van der Waals surface area (Å²) in [7, 11) is -3.39. The van der Waals surface area contributed by atoms with Gasteiger partial charge in [-0.05, 0) is 128 Å². The van der Waals surface area contributed by atoms with Crippen molar-refractivity contribution < 1.29 is 59.4 Å². The first-order valence-electron chi connectivity index (χ1n) is 24.3. The van der Waals surface area contributed by atoms with Crippen LogP contribution < -0.4 is 32.4 Å². The van der Waals surface area contributed by atoms with Gasteiger partial charge < -0.3 is 51.4 Å². The number of carboxylic acids is 2. The minimum Gasteiger partial charge on any atom is -0.480 e. The maximum absolute atomic E-state index is 13.7. The molecule has 0 radical (unpaired) electrons. The van der Waals surface area contributed by atoms with Crippen LogP contribution in [0.4, 0.5) is 0 Å². The van der Waals surface area contributed by atoms with Gasteiger partial charge in [-0.15, -0.1) is 0 Å². The lowest BCUT2D eigenvalue weighted by atomic mass is 9.26. The van der Waals surface area contributed by atoms with Crippen LogP contribution in [-0.4, -0.2) is 115 Å². The van der Waals surface area contributed by atoms with Crippen molar-refractivity contribution in [2.24, 2.45) is 15.0 Å². The summed E-state index contributed by atoms with van der Waals surface area (Å²) in [5.41, 5.74) is 11.3. The Balaban J connectivity index is 1.26. The van der Waals surface area contributed by atoms with Gasteiger partial charge in [0, 0.05) is 48.7 Å². The minimum absolute atomic E-state index is 0.0641. The van der Waals surface area contributed by atoms with Crippen LogP contribution >= 0.6 is 0 Å². The van der Waals surface area contributed by atoms with E-state index in [1.165, 1.54) is 24.3 Å². The monoisotopic (exact) mass is 1020 g/mol. The first-order valence-corrected chi connectivity index (χ1v) is 24.3. The molecule has 3 unspecified atom stereocenters. The molecule has 3 atom stereocenters. The van der Waals surface area contributed by atoms with Gasteiger partial charge in [0.15, 0.2) is 0 Å². The Labute approximate surface area is 434 Å². The highest BCUT2D eigenvalue weighted by Crippen LogP contribution is 2.40. The van der Waals surface area contributed by atoms with Crippen molar-refractivity contribution >= 4 is 66.1 Å². The van der Waals surface area contributed by atoms with E-state index < -0.39 is 55.7 Å². The van der Waals surface area contributed by atoms with Crippen molar-refractivity contribution in [1.82, 2.24) is 21.4 Å². The molecule has 2 amide bonds. The standard InChI is InChI=1S/C54H59B2N7O12/c1-7-36-29(3)40-25-41-30(4)37(17-19-50(64)62-47(52(66)67)23-32-9-13-34(14-10-32)55(71)72)43(58-41)27-44-38(18-20-51(65)63-48(53(68)69)24-33-11-15-35(16-12-33)56(73)74)31(5)42(59-44)26-46-39(21-22-57-75-8-2)54(6,70)49(61-46)28-45(36)60-40/h7,9-16,21-22,25-28,47-48,57,61,70-74H,1,8,17-20,23-24H2,2-6H3,(H,62,64)(H,63,65)(H,66,67)(H,68,69)/b22-21+,40-25?,42-26?,43-27?,49-28?/i55-1,56-1. The van der Waals surface area contributed by atoms with Crippen LogP contribution in [0.1, 0.15) is 71.4 Å². The number of carboxylic acid groups (broad SMARTS) is 2. The number of carbonyl (C=O) groups is 4. The Hall–Kier alpha value is -7.78. The van der Waals surface area contributed by atoms with Gasteiger partial charge in [0.05, 0.1) is 46.5 Å². The van der Waals surface area contributed by atoms with Crippen LogP contribution in [0.2, 0.25) is 0 Å². The summed E-state index contributed by atoms with van der Waals surface area (Å²) >= 11 is 0. The molecular formula is C54H59B2N7O12. The Morgan fingerprint density at radius 1 is 0.707 bits per heavy atom. The van der Waals surface area contributed by atoms with Gasteiger partial charge in [-0.2, -0.15) is 0 Å². The van der Waals surface area contributed by atoms with Gasteiger partial charge in [-0.1, -0.05) is 61.2 Å². The van der Waals surface area contributed by atoms with Gasteiger partial charge in [0.1, 0.15) is 17.7 Å². The number of amides is 2. The van der Waals surface area contributed by atoms with Gasteiger partial charge in [0.25, 0.3) is 0 Å². The van der Waals surface area contributed by atoms with E-state index >= 15 is 0 Å². The number of aliphatic carboxylic acids is 2. The second-order valence-corrected chi connectivity index (χ2v) is 18.6. The lowest BCUT2D eigenvalue weighted by Gasteiger charge is -2.21. The number of carbonyl (C=O) groups excluding carboxylic acids is 2. The minimum atomic E-state index is -1.70. The Morgan fingerprint density at radius 2 is 1.21 bits per heavy atom. The molecule has 2 aromatic rings. The van der Waals surface area contributed by atoms with Crippen LogP contribution in [0, 0.1) is 0 Å². The molecule has 7 rings (SSSR count). The van der Waals surface area contributed by atoms with E-state index in [2.05, 4.69) is 28.0 Å². The maximum Gasteiger partial charge on any atom is 0.488 e. The van der Waals surface area contributed by atoms with E-state index in [0.29, 0.717) is 91.2 Å². The van der Waals surface area contributed by atoms with Crippen molar-refractivity contribution in [3.8, 4) is 0 Å². The Bertz CT molecular complexity index is 3080. The third-order valence-corrected chi connectivity index (χ3v) is 13.5. The predicted octanol–water partition coefficient (Wildman–Crippen LogP) is 2.24. The van der Waals surface area contributed by atoms with E-state index in [9.17, 15) is 54.6 Å². The number of nitrogens with one attached hydrogen (secondary N) is 4. The highest BCUT2D eigenvalue weighted by atomic mass is 16.6. The summed E-state index contributed by atoms with van der Waals surface area (Å²) in [6.07, 6.45) is 11.8. The van der Waals surface area contributed by atoms with Gasteiger partial charge in [-0.25, -0.2) is 24.6 Å². The molecule has 5 aliphatic heterocycles. The predicted molar refractivity (Wildman–Crippen MR) is 285 cm³/mol. The lowest BCUT2D eigenvalue weighted by Crippen LogP contribution is -2.42. The van der Waals surface area contributed by atoms with Crippen LogP contribution in [0.5, 0.6) is 0 Å². The summed E-state index contributed by atoms with van der Waals surface area (Å²) in [5.74, 6) is -3.61. The summed E-state index contributed by atoms with van der Waals surface area (Å²) in [6, 6.07) is 9.49. The Morgan fingerprint density at radius 3 is 1.73 bits per heavy atom. The average molecular weight is 1020 g/mol. The van der Waals surface area contributed by atoms with Gasteiger partial charge in [-0.3, -0.25) is 19.9 Å². The molecule has 0 saturated carbocycles. The van der Waals surface area contributed by atoms with E-state index in [4.69, 9.17) is 19.8 Å². The number of fused-ring (bicyclic) bond motifs is 5. The number of nitrogens with zero attached hydrogens (tertiary/aromatic N) is 3. The maximum atomic E-state index is 13.7. The number of aliphatic imine (C=N–C) groups is 3. The van der Waals surface area contributed by atoms with Crippen LogP contribution in [-0.2, 0) is 36.9 Å². The zero-order valence-corrected chi connectivity index (χ0v) is 42.1. The number of hydroxylamine groups is 1. The van der Waals surface area contributed by atoms with E-state index in [1.54, 1.807) is 67.8 Å². The van der Waals surface area contributed by atoms with E-state index in [1.807, 2.05) is 33.8 Å². The number of rotatable bonds is 21. The molecule has 5 heterocycles. The topological polar surface area (TPSA) is 304 Å². The molecule has 388 valence electrons. The van der Waals surface area contributed by atoms with E-state index in [0.717, 1.165) is 11.1 Å². The van der Waals surface area contributed by atoms with Crippen LogP contribution in [0.3, 0.4) is 0 Å². The first-order chi connectivity index (χ1) is 35.7. The molecule has 0 aliphatic carbocycles. The number of hydrogen-bond acceptors (Lipinski definition) is 15. The molecule has 0 aromatic heterocycles. The molecule has 0 spiro atoms. The zero-order valence-electron chi connectivity index (χ0n) is 42.1. The summed E-state index contributed by atoms with van der Waals surface area (Å²) in [4.78, 5) is 72.7. The molecule has 5 aliphatic rings. The fraction of sp³-hybridized carbons (Fsp3) is 0.278. The number of benzene rings is 2. The second-order valence-electron chi connectivity index (χ2n) is 18.6. The smallest absolute Gasteiger partial charge is 0.480 e. The van der Waals surface area contributed by atoms with Crippen molar-refractivity contribution in [2.75, 3.05) is 6.61 Å². The number of hydrogen-bond donors (Lipinski definition) is 11. The molecule has 19 nitrogen and oxygen atoms in total. The van der Waals surface area contributed by atoms with Gasteiger partial charge >= 0.3 is 26.2 Å². The zero-order chi connectivity index (χ0) is 54.3. The van der Waals surface area contributed by atoms with Crippen molar-refractivity contribution in [2.45, 2.75) is 90.8 Å². The quantitative estimate of drug-likeness (QED) is 0.0486. The molecule has 0 fully saturated rings. The molecule has 75 heavy (non-hydrogen) atoms. The fourth-order valence-electron chi connectivity index (χ4n) is 9.12. The van der Waals surface area contributed by atoms with E-state index in [-0.39, 0.29) is 49.5 Å². The third-order valence-electron chi connectivity index (χ3n) is 13.5. The number of allylic oxidation sites excluding steroid dienone is 11. The van der Waals surface area contributed by atoms with Crippen molar-refractivity contribution in [3.05, 3.63) is 176 Å². The second kappa shape index (κ2) is 23.6.